The maximum atomic E-state index is 9.22. The third kappa shape index (κ3) is 2.87. The van der Waals surface area contributed by atoms with Crippen LogP contribution in [0.15, 0.2) is 0 Å². The minimum Gasteiger partial charge on any atom is -0.393 e. The first-order valence-electron chi connectivity index (χ1n) is 6.05. The molecular formula is C12H18ClN3O. The highest BCUT2D eigenvalue weighted by molar-refractivity contribution is 6.30. The molecule has 0 unspecified atom stereocenters. The van der Waals surface area contributed by atoms with E-state index < -0.39 is 0 Å². The molecule has 1 heterocycles. The Balaban J connectivity index is 2.01. The van der Waals surface area contributed by atoms with Crippen LogP contribution in [0.4, 0.5) is 5.82 Å². The number of hydrogen-bond acceptors (Lipinski definition) is 4. The number of aliphatic hydroxyl groups excluding tert-OH is 1. The summed E-state index contributed by atoms with van der Waals surface area (Å²) >= 11 is 6.05. The first-order chi connectivity index (χ1) is 8.10. The lowest BCUT2D eigenvalue weighted by Crippen LogP contribution is -2.33. The summed E-state index contributed by atoms with van der Waals surface area (Å²) in [5.74, 6) is 2.13. The van der Waals surface area contributed by atoms with Crippen molar-refractivity contribution in [2.45, 2.75) is 39.2 Å². The Morgan fingerprint density at radius 3 is 2.71 bits per heavy atom. The van der Waals surface area contributed by atoms with Crippen LogP contribution in [0.1, 0.15) is 31.2 Å². The fourth-order valence-corrected chi connectivity index (χ4v) is 2.16. The van der Waals surface area contributed by atoms with E-state index >= 15 is 0 Å². The summed E-state index contributed by atoms with van der Waals surface area (Å²) in [4.78, 5) is 8.63. The summed E-state index contributed by atoms with van der Waals surface area (Å²) in [6.07, 6.45) is 2.43. The van der Waals surface area contributed by atoms with Crippen molar-refractivity contribution in [1.29, 1.82) is 0 Å². The number of halogens is 1. The van der Waals surface area contributed by atoms with E-state index in [0.717, 1.165) is 43.0 Å². The minimum atomic E-state index is -0.108. The third-order valence-corrected chi connectivity index (χ3v) is 3.59. The molecule has 1 aliphatic rings. The second-order valence-corrected chi connectivity index (χ2v) is 4.99. The van der Waals surface area contributed by atoms with E-state index in [2.05, 4.69) is 15.3 Å². The van der Waals surface area contributed by atoms with Crippen LogP contribution in [0.5, 0.6) is 0 Å². The lowest BCUT2D eigenvalue weighted by atomic mass is 9.82. The zero-order valence-corrected chi connectivity index (χ0v) is 11.0. The van der Waals surface area contributed by atoms with Gasteiger partial charge in [-0.1, -0.05) is 18.5 Å². The predicted molar refractivity (Wildman–Crippen MR) is 68.4 cm³/mol. The third-order valence-electron chi connectivity index (χ3n) is 3.22. The average molecular weight is 256 g/mol. The van der Waals surface area contributed by atoms with Crippen molar-refractivity contribution in [3.63, 3.8) is 0 Å². The largest absolute Gasteiger partial charge is 0.393 e. The van der Waals surface area contributed by atoms with Crippen molar-refractivity contribution >= 4 is 17.4 Å². The number of hydrogen-bond donors (Lipinski definition) is 2. The van der Waals surface area contributed by atoms with Gasteiger partial charge in [0.05, 0.1) is 6.10 Å². The normalized spacial score (nSPS) is 23.3. The Kier molecular flexibility index (Phi) is 3.84. The molecule has 94 valence electrons. The van der Waals surface area contributed by atoms with Gasteiger partial charge in [0.25, 0.3) is 0 Å². The van der Waals surface area contributed by atoms with Gasteiger partial charge in [-0.05, 0) is 25.7 Å². The zero-order chi connectivity index (χ0) is 12.4. The second kappa shape index (κ2) is 5.19. The Bertz CT molecular complexity index is 405. The number of rotatable bonds is 4. The Labute approximate surface area is 106 Å². The van der Waals surface area contributed by atoms with Crippen LogP contribution < -0.4 is 5.32 Å². The van der Waals surface area contributed by atoms with Gasteiger partial charge in [-0.3, -0.25) is 0 Å². The van der Waals surface area contributed by atoms with Gasteiger partial charge in [0.1, 0.15) is 16.8 Å². The Morgan fingerprint density at radius 2 is 2.12 bits per heavy atom. The van der Waals surface area contributed by atoms with Crippen molar-refractivity contribution in [2.24, 2.45) is 5.92 Å². The van der Waals surface area contributed by atoms with E-state index in [1.165, 1.54) is 0 Å². The fourth-order valence-electron chi connectivity index (χ4n) is 1.97. The molecule has 2 N–H and O–H groups in total. The first-order valence-corrected chi connectivity index (χ1v) is 6.43. The summed E-state index contributed by atoms with van der Waals surface area (Å²) in [6.45, 7) is 4.77. The van der Waals surface area contributed by atoms with Crippen molar-refractivity contribution in [3.8, 4) is 0 Å². The fraction of sp³-hybridized carbons (Fsp3) is 0.667. The van der Waals surface area contributed by atoms with E-state index in [4.69, 9.17) is 11.6 Å². The molecule has 4 nitrogen and oxygen atoms in total. The molecule has 17 heavy (non-hydrogen) atoms. The molecular weight excluding hydrogens is 238 g/mol. The highest BCUT2D eigenvalue weighted by Crippen LogP contribution is 2.28. The monoisotopic (exact) mass is 255 g/mol. The molecule has 0 spiro atoms. The average Bonchev–Trinajstić information content (AvgIpc) is 2.27. The maximum Gasteiger partial charge on any atom is 0.137 e. The van der Waals surface area contributed by atoms with Gasteiger partial charge in [0.2, 0.25) is 0 Å². The van der Waals surface area contributed by atoms with Gasteiger partial charge in [0.15, 0.2) is 0 Å². The highest BCUT2D eigenvalue weighted by atomic mass is 35.5. The summed E-state index contributed by atoms with van der Waals surface area (Å²) in [7, 11) is 0. The standard InChI is InChI=1S/C12H18ClN3O/c1-3-10-15-11(13)7(2)12(16-10)14-6-8-4-9(17)5-8/h8-9,17H,3-6H2,1-2H3,(H,14,15,16). The topological polar surface area (TPSA) is 58.0 Å². The number of anilines is 1. The van der Waals surface area contributed by atoms with E-state index in [0.29, 0.717) is 11.1 Å². The molecule has 0 bridgehead atoms. The molecule has 0 amide bonds. The number of nitrogens with zero attached hydrogens (tertiary/aromatic N) is 2. The van der Waals surface area contributed by atoms with Crippen molar-refractivity contribution in [1.82, 2.24) is 9.97 Å². The Hall–Kier alpha value is -0.870. The van der Waals surface area contributed by atoms with Crippen LogP contribution >= 0.6 is 11.6 Å². The molecule has 0 radical (unpaired) electrons. The summed E-state index contributed by atoms with van der Waals surface area (Å²) in [5, 5.41) is 13.0. The van der Waals surface area contributed by atoms with Gasteiger partial charge in [-0.2, -0.15) is 0 Å². The summed E-state index contributed by atoms with van der Waals surface area (Å²) in [5.41, 5.74) is 0.892. The van der Waals surface area contributed by atoms with Gasteiger partial charge in [-0.15, -0.1) is 0 Å². The molecule has 1 aromatic heterocycles. The molecule has 1 aliphatic carbocycles. The van der Waals surface area contributed by atoms with Crippen LogP contribution in [-0.2, 0) is 6.42 Å². The summed E-state index contributed by atoms with van der Waals surface area (Å²) in [6, 6.07) is 0. The van der Waals surface area contributed by atoms with E-state index in [9.17, 15) is 5.11 Å². The molecule has 1 fully saturated rings. The highest BCUT2D eigenvalue weighted by Gasteiger charge is 2.26. The quantitative estimate of drug-likeness (QED) is 0.810. The van der Waals surface area contributed by atoms with Gasteiger partial charge in [-0.25, -0.2) is 9.97 Å². The number of aromatic nitrogens is 2. The smallest absolute Gasteiger partial charge is 0.137 e. The molecule has 1 aromatic rings. The second-order valence-electron chi connectivity index (χ2n) is 4.63. The van der Waals surface area contributed by atoms with Gasteiger partial charge >= 0.3 is 0 Å². The van der Waals surface area contributed by atoms with Crippen molar-refractivity contribution in [3.05, 3.63) is 16.5 Å². The lowest BCUT2D eigenvalue weighted by Gasteiger charge is -2.31. The van der Waals surface area contributed by atoms with Crippen LogP contribution in [0.25, 0.3) is 0 Å². The van der Waals surface area contributed by atoms with Crippen LogP contribution in [0.2, 0.25) is 5.15 Å². The molecule has 1 saturated carbocycles. The van der Waals surface area contributed by atoms with E-state index in [1.54, 1.807) is 0 Å². The molecule has 0 aliphatic heterocycles. The maximum absolute atomic E-state index is 9.22. The van der Waals surface area contributed by atoms with Crippen LogP contribution in [0.3, 0.4) is 0 Å². The van der Waals surface area contributed by atoms with Crippen LogP contribution in [0, 0.1) is 12.8 Å². The van der Waals surface area contributed by atoms with E-state index in [-0.39, 0.29) is 6.10 Å². The molecule has 0 saturated heterocycles. The Morgan fingerprint density at radius 1 is 1.41 bits per heavy atom. The van der Waals surface area contributed by atoms with Crippen molar-refractivity contribution in [2.75, 3.05) is 11.9 Å². The minimum absolute atomic E-state index is 0.108. The number of aliphatic hydroxyl groups is 1. The van der Waals surface area contributed by atoms with Crippen molar-refractivity contribution < 1.29 is 5.11 Å². The molecule has 0 aromatic carbocycles. The number of nitrogens with one attached hydrogen (secondary N) is 1. The van der Waals surface area contributed by atoms with Crippen LogP contribution in [-0.4, -0.2) is 27.7 Å². The molecule has 0 atom stereocenters. The predicted octanol–water partition coefficient (Wildman–Crippen LogP) is 2.18. The SMILES string of the molecule is CCc1nc(Cl)c(C)c(NCC2CC(O)C2)n1. The zero-order valence-electron chi connectivity index (χ0n) is 10.2. The van der Waals surface area contributed by atoms with E-state index in [1.807, 2.05) is 13.8 Å². The first kappa shape index (κ1) is 12.6. The van der Waals surface area contributed by atoms with Gasteiger partial charge < -0.3 is 10.4 Å². The van der Waals surface area contributed by atoms with Gasteiger partial charge in [0, 0.05) is 18.5 Å². The summed E-state index contributed by atoms with van der Waals surface area (Å²) < 4.78 is 0. The molecule has 5 heteroatoms. The lowest BCUT2D eigenvalue weighted by molar-refractivity contribution is 0.0486. The molecule has 2 rings (SSSR count). The number of aryl methyl sites for hydroxylation is 1.